The fourth-order valence-corrected chi connectivity index (χ4v) is 3.37. The van der Waals surface area contributed by atoms with Crippen LogP contribution in [0.25, 0.3) is 0 Å². The molecule has 0 spiro atoms. The molecule has 1 amide bonds. The number of carbonyl (C=O) groups excluding carboxylic acids is 1. The van der Waals surface area contributed by atoms with Crippen LogP contribution >= 0.6 is 11.3 Å². The van der Waals surface area contributed by atoms with Gasteiger partial charge in [0.25, 0.3) is 0 Å². The van der Waals surface area contributed by atoms with Gasteiger partial charge in [-0.2, -0.15) is 5.10 Å². The molecule has 0 N–H and O–H groups in total. The first-order valence-corrected chi connectivity index (χ1v) is 7.74. The van der Waals surface area contributed by atoms with Crippen molar-refractivity contribution in [3.05, 3.63) is 29.2 Å². The van der Waals surface area contributed by atoms with Crippen LogP contribution in [0.1, 0.15) is 36.7 Å². The average molecular weight is 291 g/mol. The van der Waals surface area contributed by atoms with E-state index in [1.807, 2.05) is 16.5 Å². The predicted octanol–water partition coefficient (Wildman–Crippen LogP) is 1.88. The number of amides is 1. The number of rotatable bonds is 4. The molecule has 0 saturated carbocycles. The van der Waals surface area contributed by atoms with Crippen LogP contribution in [-0.4, -0.2) is 37.1 Å². The Labute approximate surface area is 121 Å². The van der Waals surface area contributed by atoms with Gasteiger partial charge in [0.15, 0.2) is 0 Å². The van der Waals surface area contributed by atoms with Crippen molar-refractivity contribution >= 4 is 17.2 Å². The largest absolute Gasteiger partial charge is 0.333 e. The van der Waals surface area contributed by atoms with E-state index in [0.717, 1.165) is 30.8 Å². The highest BCUT2D eigenvalue weighted by Gasteiger charge is 2.29. The second-order valence-electron chi connectivity index (χ2n) is 4.88. The van der Waals surface area contributed by atoms with Crippen LogP contribution in [0.5, 0.6) is 0 Å². The molecule has 1 unspecified atom stereocenters. The van der Waals surface area contributed by atoms with Crippen molar-refractivity contribution < 1.29 is 4.79 Å². The zero-order valence-electron chi connectivity index (χ0n) is 11.2. The van der Waals surface area contributed by atoms with Crippen molar-refractivity contribution in [2.75, 3.05) is 6.54 Å². The summed E-state index contributed by atoms with van der Waals surface area (Å²) in [7, 11) is 0. The summed E-state index contributed by atoms with van der Waals surface area (Å²) in [6.07, 6.45) is 8.67. The van der Waals surface area contributed by atoms with Crippen molar-refractivity contribution in [3.8, 4) is 0 Å². The molecule has 0 aliphatic carbocycles. The second-order valence-corrected chi connectivity index (χ2v) is 5.80. The van der Waals surface area contributed by atoms with Gasteiger partial charge in [0.05, 0.1) is 12.6 Å². The highest BCUT2D eigenvalue weighted by atomic mass is 32.1. The molecule has 106 valence electrons. The van der Waals surface area contributed by atoms with Crippen LogP contribution in [-0.2, 0) is 11.3 Å². The molecule has 1 saturated heterocycles. The Morgan fingerprint density at radius 1 is 1.45 bits per heavy atom. The van der Waals surface area contributed by atoms with E-state index in [1.54, 1.807) is 22.3 Å². The number of hydrogen-bond acceptors (Lipinski definition) is 5. The van der Waals surface area contributed by atoms with E-state index in [0.29, 0.717) is 13.0 Å². The van der Waals surface area contributed by atoms with Gasteiger partial charge >= 0.3 is 0 Å². The van der Waals surface area contributed by atoms with Gasteiger partial charge in [0.2, 0.25) is 5.91 Å². The summed E-state index contributed by atoms with van der Waals surface area (Å²) in [4.78, 5) is 22.7. The topological polar surface area (TPSA) is 63.9 Å². The van der Waals surface area contributed by atoms with E-state index >= 15 is 0 Å². The Morgan fingerprint density at radius 3 is 3.15 bits per heavy atom. The quantitative estimate of drug-likeness (QED) is 0.862. The number of carbonyl (C=O) groups is 1. The summed E-state index contributed by atoms with van der Waals surface area (Å²) in [5.74, 6) is 0.181. The molecule has 3 rings (SSSR count). The maximum atomic E-state index is 12.4. The number of hydrogen-bond donors (Lipinski definition) is 0. The van der Waals surface area contributed by atoms with Gasteiger partial charge in [0, 0.05) is 24.5 Å². The summed E-state index contributed by atoms with van der Waals surface area (Å²) in [5.41, 5.74) is 0. The number of thiazole rings is 1. The number of piperidine rings is 1. The SMILES string of the molecule is O=C(CCn1cncn1)N1CCCCC1c1nccs1. The molecule has 20 heavy (non-hydrogen) atoms. The normalized spacial score (nSPS) is 19.2. The van der Waals surface area contributed by atoms with Gasteiger partial charge in [-0.1, -0.05) is 0 Å². The van der Waals surface area contributed by atoms with E-state index in [1.165, 1.54) is 6.33 Å². The van der Waals surface area contributed by atoms with Gasteiger partial charge < -0.3 is 4.90 Å². The fourth-order valence-electron chi connectivity index (χ4n) is 2.59. The van der Waals surface area contributed by atoms with Crippen LogP contribution in [0.2, 0.25) is 0 Å². The van der Waals surface area contributed by atoms with Gasteiger partial charge in [-0.15, -0.1) is 11.3 Å². The third kappa shape index (κ3) is 2.87. The maximum absolute atomic E-state index is 12.4. The lowest BCUT2D eigenvalue weighted by atomic mass is 10.0. The van der Waals surface area contributed by atoms with Gasteiger partial charge in [-0.25, -0.2) is 9.97 Å². The molecule has 1 aliphatic rings. The Hall–Kier alpha value is -1.76. The van der Waals surface area contributed by atoms with Crippen molar-refractivity contribution in [3.63, 3.8) is 0 Å². The smallest absolute Gasteiger partial charge is 0.225 e. The lowest BCUT2D eigenvalue weighted by Crippen LogP contribution is -2.38. The second kappa shape index (κ2) is 6.13. The number of aromatic nitrogens is 4. The van der Waals surface area contributed by atoms with E-state index in [-0.39, 0.29) is 11.9 Å². The highest BCUT2D eigenvalue weighted by Crippen LogP contribution is 2.32. The third-order valence-electron chi connectivity index (χ3n) is 3.58. The summed E-state index contributed by atoms with van der Waals surface area (Å²) >= 11 is 1.63. The molecule has 2 aromatic rings. The van der Waals surface area contributed by atoms with Crippen LogP contribution in [0, 0.1) is 0 Å². The molecule has 3 heterocycles. The first-order valence-electron chi connectivity index (χ1n) is 6.86. The average Bonchev–Trinajstić information content (AvgIpc) is 3.18. The van der Waals surface area contributed by atoms with Crippen molar-refractivity contribution in [2.45, 2.75) is 38.3 Å². The lowest BCUT2D eigenvalue weighted by molar-refractivity contribution is -0.135. The Balaban J connectivity index is 1.65. The van der Waals surface area contributed by atoms with E-state index < -0.39 is 0 Å². The molecular formula is C13H17N5OS. The van der Waals surface area contributed by atoms with Crippen LogP contribution in [0.15, 0.2) is 24.2 Å². The minimum absolute atomic E-state index is 0.159. The number of nitrogens with zero attached hydrogens (tertiary/aromatic N) is 5. The lowest BCUT2D eigenvalue weighted by Gasteiger charge is -2.34. The van der Waals surface area contributed by atoms with E-state index in [4.69, 9.17) is 0 Å². The maximum Gasteiger partial charge on any atom is 0.225 e. The minimum Gasteiger partial charge on any atom is -0.333 e. The summed E-state index contributed by atoms with van der Waals surface area (Å²) in [5, 5.41) is 7.06. The fraction of sp³-hybridized carbons (Fsp3) is 0.538. The zero-order valence-corrected chi connectivity index (χ0v) is 12.0. The summed E-state index contributed by atoms with van der Waals surface area (Å²) < 4.78 is 1.69. The molecular weight excluding hydrogens is 274 g/mol. The van der Waals surface area contributed by atoms with Crippen molar-refractivity contribution in [1.82, 2.24) is 24.6 Å². The highest BCUT2D eigenvalue weighted by molar-refractivity contribution is 7.09. The molecule has 1 atom stereocenters. The first kappa shape index (κ1) is 13.2. The molecule has 0 bridgehead atoms. The third-order valence-corrected chi connectivity index (χ3v) is 4.46. The Bertz CT molecular complexity index is 539. The molecule has 6 nitrogen and oxygen atoms in total. The van der Waals surface area contributed by atoms with Crippen LogP contribution in [0.4, 0.5) is 0 Å². The van der Waals surface area contributed by atoms with Crippen LogP contribution < -0.4 is 0 Å². The molecule has 0 aromatic carbocycles. The number of aryl methyl sites for hydroxylation is 1. The summed E-state index contributed by atoms with van der Waals surface area (Å²) in [6.45, 7) is 1.42. The molecule has 2 aromatic heterocycles. The number of likely N-dealkylation sites (tertiary alicyclic amines) is 1. The van der Waals surface area contributed by atoms with Crippen molar-refractivity contribution in [2.24, 2.45) is 0 Å². The molecule has 0 radical (unpaired) electrons. The van der Waals surface area contributed by atoms with Gasteiger partial charge in [0.1, 0.15) is 17.7 Å². The standard InChI is InChI=1S/C13H17N5OS/c19-12(4-7-17-10-14-9-16-17)18-6-2-1-3-11(18)13-15-5-8-20-13/h5,8-11H,1-4,6-7H2. The Morgan fingerprint density at radius 2 is 2.40 bits per heavy atom. The zero-order chi connectivity index (χ0) is 13.8. The van der Waals surface area contributed by atoms with Gasteiger partial charge in [-0.05, 0) is 19.3 Å². The predicted molar refractivity (Wildman–Crippen MR) is 75.1 cm³/mol. The molecule has 1 fully saturated rings. The Kier molecular flexibility index (Phi) is 4.05. The minimum atomic E-state index is 0.159. The summed E-state index contributed by atoms with van der Waals surface area (Å²) in [6, 6.07) is 0.159. The van der Waals surface area contributed by atoms with Crippen LogP contribution in [0.3, 0.4) is 0 Å². The van der Waals surface area contributed by atoms with E-state index in [9.17, 15) is 4.79 Å². The van der Waals surface area contributed by atoms with E-state index in [2.05, 4.69) is 15.1 Å². The molecule has 1 aliphatic heterocycles. The monoisotopic (exact) mass is 291 g/mol. The van der Waals surface area contributed by atoms with Crippen molar-refractivity contribution in [1.29, 1.82) is 0 Å². The van der Waals surface area contributed by atoms with Gasteiger partial charge in [-0.3, -0.25) is 9.48 Å². The first-order chi connectivity index (χ1) is 9.84. The molecule has 7 heteroatoms.